The number of piperazine rings is 1. The molecule has 0 spiro atoms. The molecule has 1 unspecified atom stereocenters. The van der Waals surface area contributed by atoms with Crippen molar-refractivity contribution >= 4 is 11.8 Å². The molecule has 0 saturated carbocycles. The second-order valence-electron chi connectivity index (χ2n) is 13.9. The van der Waals surface area contributed by atoms with Crippen molar-refractivity contribution in [2.45, 2.75) is 62.7 Å². The Morgan fingerprint density at radius 1 is 1.09 bits per heavy atom. The van der Waals surface area contributed by atoms with Crippen LogP contribution < -0.4 is 15.4 Å². The van der Waals surface area contributed by atoms with Crippen LogP contribution >= 0.6 is 0 Å². The molecular formula is C36H41F4N7O7. The molecule has 5 atom stereocenters. The van der Waals surface area contributed by atoms with E-state index in [0.29, 0.717) is 29.2 Å². The molecule has 4 heterocycles. The third-order valence-electron chi connectivity index (χ3n) is 9.75. The second kappa shape index (κ2) is 16.2. The number of oxazole rings is 1. The van der Waals surface area contributed by atoms with Gasteiger partial charge in [0.25, 0.3) is 0 Å². The molecule has 290 valence electrons. The number of β-amino-alcohol motifs (C(OH)–C–C–N with tert-alkyl or cyclic N) is 1. The topological polar surface area (TPSA) is 179 Å². The molecule has 1 saturated heterocycles. The highest BCUT2D eigenvalue weighted by molar-refractivity contribution is 5.82. The van der Waals surface area contributed by atoms with Crippen molar-refractivity contribution in [1.29, 1.82) is 0 Å². The molecule has 2 aliphatic rings. The molecule has 4 N–H and O–H groups in total. The van der Waals surface area contributed by atoms with E-state index in [9.17, 15) is 37.4 Å². The van der Waals surface area contributed by atoms with E-state index in [1.807, 2.05) is 10.2 Å². The van der Waals surface area contributed by atoms with Gasteiger partial charge in [0.05, 0.1) is 23.9 Å². The number of benzene rings is 2. The van der Waals surface area contributed by atoms with Crippen LogP contribution in [0.1, 0.15) is 43.7 Å². The first kappa shape index (κ1) is 38.8. The van der Waals surface area contributed by atoms with Crippen LogP contribution in [0.25, 0.3) is 11.3 Å². The van der Waals surface area contributed by atoms with Gasteiger partial charge in [-0.2, -0.15) is 13.2 Å². The average molecular weight is 760 g/mol. The maximum atomic E-state index is 13.8. The second-order valence-corrected chi connectivity index (χ2v) is 13.9. The van der Waals surface area contributed by atoms with Crippen LogP contribution in [0.3, 0.4) is 0 Å². The van der Waals surface area contributed by atoms with Gasteiger partial charge in [-0.1, -0.05) is 18.2 Å². The molecule has 14 nitrogen and oxygen atoms in total. The SMILES string of the molecule is CC(C)(c1ncc(-c2ccc(F)cc2)o1)N1CCN(C[C@@H](O)C[C@H](Cc2nnco2)C(=O)NC2c3ccccc3OC[C@H]2O)[C@H](C(=O)NCC(F)(F)F)C1. The summed E-state index contributed by atoms with van der Waals surface area (Å²) in [7, 11) is 0. The minimum Gasteiger partial charge on any atom is -0.490 e. The van der Waals surface area contributed by atoms with Gasteiger partial charge < -0.3 is 34.4 Å². The fraction of sp³-hybridized carbons (Fsp3) is 0.472. The van der Waals surface area contributed by atoms with Crippen molar-refractivity contribution in [3.8, 4) is 17.1 Å². The average Bonchev–Trinajstić information content (AvgIpc) is 3.85. The maximum Gasteiger partial charge on any atom is 0.405 e. The van der Waals surface area contributed by atoms with Gasteiger partial charge in [-0.25, -0.2) is 9.37 Å². The lowest BCUT2D eigenvalue weighted by atomic mass is 9.93. The summed E-state index contributed by atoms with van der Waals surface area (Å²) in [5.74, 6) is -1.48. The monoisotopic (exact) mass is 759 g/mol. The van der Waals surface area contributed by atoms with E-state index >= 15 is 0 Å². The number of nitrogens with zero attached hydrogens (tertiary/aromatic N) is 5. The minimum atomic E-state index is -4.66. The zero-order chi connectivity index (χ0) is 38.6. The molecule has 4 aromatic rings. The van der Waals surface area contributed by atoms with Crippen molar-refractivity contribution in [1.82, 2.24) is 35.6 Å². The van der Waals surface area contributed by atoms with Gasteiger partial charge >= 0.3 is 6.18 Å². The van der Waals surface area contributed by atoms with E-state index in [2.05, 4.69) is 20.5 Å². The number of carbonyl (C=O) groups is 2. The Hall–Kier alpha value is -4.91. The summed E-state index contributed by atoms with van der Waals surface area (Å²) in [5.41, 5.74) is 0.229. The largest absolute Gasteiger partial charge is 0.490 e. The van der Waals surface area contributed by atoms with Crippen LogP contribution in [0.15, 0.2) is 70.0 Å². The Morgan fingerprint density at radius 2 is 1.85 bits per heavy atom. The smallest absolute Gasteiger partial charge is 0.405 e. The molecule has 0 radical (unpaired) electrons. The van der Waals surface area contributed by atoms with Crippen LogP contribution in [0, 0.1) is 11.7 Å². The quantitative estimate of drug-likeness (QED) is 0.147. The van der Waals surface area contributed by atoms with E-state index in [4.69, 9.17) is 13.6 Å². The molecule has 2 aromatic heterocycles. The van der Waals surface area contributed by atoms with Crippen molar-refractivity contribution < 1.29 is 50.9 Å². The van der Waals surface area contributed by atoms with Crippen molar-refractivity contribution in [3.63, 3.8) is 0 Å². The zero-order valence-electron chi connectivity index (χ0n) is 29.5. The van der Waals surface area contributed by atoms with E-state index in [1.165, 1.54) is 18.3 Å². The number of para-hydroxylation sites is 1. The van der Waals surface area contributed by atoms with E-state index in [-0.39, 0.29) is 50.9 Å². The zero-order valence-corrected chi connectivity index (χ0v) is 29.5. The van der Waals surface area contributed by atoms with Gasteiger partial charge in [-0.05, 0) is 50.6 Å². The highest BCUT2D eigenvalue weighted by atomic mass is 19.4. The Labute approximate surface area is 307 Å². The number of carbonyl (C=O) groups excluding carboxylic acids is 2. The van der Waals surface area contributed by atoms with E-state index < -0.39 is 66.1 Å². The normalized spacial score (nSPS) is 20.8. The Bertz CT molecular complexity index is 1870. The molecule has 18 heteroatoms. The summed E-state index contributed by atoms with van der Waals surface area (Å²) in [6, 6.07) is 10.7. The number of hydrogen-bond acceptors (Lipinski definition) is 12. The predicted molar refractivity (Wildman–Crippen MR) is 182 cm³/mol. The lowest BCUT2D eigenvalue weighted by molar-refractivity contribution is -0.145. The van der Waals surface area contributed by atoms with Crippen LogP contribution in [0.2, 0.25) is 0 Å². The third kappa shape index (κ3) is 9.23. The van der Waals surface area contributed by atoms with Gasteiger partial charge in [0, 0.05) is 49.6 Å². The fourth-order valence-electron chi connectivity index (χ4n) is 6.79. The number of halogens is 4. The minimum absolute atomic E-state index is 0.0507. The number of amides is 2. The summed E-state index contributed by atoms with van der Waals surface area (Å²) in [4.78, 5) is 35.0. The number of nitrogens with one attached hydrogen (secondary N) is 2. The fourth-order valence-corrected chi connectivity index (χ4v) is 6.79. The predicted octanol–water partition coefficient (Wildman–Crippen LogP) is 2.98. The van der Waals surface area contributed by atoms with Crippen molar-refractivity contribution in [2.24, 2.45) is 5.92 Å². The third-order valence-corrected chi connectivity index (χ3v) is 9.75. The van der Waals surface area contributed by atoms with Crippen molar-refractivity contribution in [2.75, 3.05) is 39.3 Å². The molecule has 2 aromatic carbocycles. The molecule has 2 aliphatic heterocycles. The molecule has 1 fully saturated rings. The number of aromatic nitrogens is 3. The van der Waals surface area contributed by atoms with Crippen LogP contribution in [-0.4, -0.2) is 111 Å². The standard InChI is InChI=1S/C36H41F4N7O7/c1-35(2,34-41-15-29(54-34)21-7-9-23(37)10-8-21)47-12-11-46(26(17-47)33(51)42-19-36(38,39)40)16-24(48)13-22(14-30-45-43-20-53-30)32(50)44-31-25-5-3-4-6-28(25)52-18-27(31)49/h3-10,15,20,22,24,26-27,31,48-49H,11-14,16-19H2,1-2H3,(H,42,51)(H,44,50)/t22-,24+,26+,27-,31?/m1/s1. The summed E-state index contributed by atoms with van der Waals surface area (Å²) in [6.07, 6.45) is -4.56. The molecule has 0 bridgehead atoms. The van der Waals surface area contributed by atoms with Crippen LogP contribution in [0.5, 0.6) is 5.75 Å². The van der Waals surface area contributed by atoms with Crippen molar-refractivity contribution in [3.05, 3.63) is 84.3 Å². The number of ether oxygens (including phenoxy) is 1. The number of aliphatic hydroxyl groups is 2. The number of hydrogen-bond donors (Lipinski definition) is 4. The van der Waals surface area contributed by atoms with Crippen LogP contribution in [-0.2, 0) is 21.5 Å². The summed E-state index contributed by atoms with van der Waals surface area (Å²) in [5, 5.41) is 34.5. The highest BCUT2D eigenvalue weighted by Gasteiger charge is 2.43. The van der Waals surface area contributed by atoms with E-state index in [1.54, 1.807) is 55.1 Å². The summed E-state index contributed by atoms with van der Waals surface area (Å²) >= 11 is 0. The highest BCUT2D eigenvalue weighted by Crippen LogP contribution is 2.34. The van der Waals surface area contributed by atoms with Gasteiger partial charge in [0.15, 0.2) is 5.76 Å². The lowest BCUT2D eigenvalue weighted by Crippen LogP contribution is -2.63. The Balaban J connectivity index is 1.17. The number of rotatable bonds is 13. The summed E-state index contributed by atoms with van der Waals surface area (Å²) in [6.45, 7) is 2.26. The molecular weight excluding hydrogens is 718 g/mol. The Kier molecular flexibility index (Phi) is 11.7. The number of fused-ring (bicyclic) bond motifs is 1. The lowest BCUT2D eigenvalue weighted by Gasteiger charge is -2.46. The molecule has 2 amide bonds. The van der Waals surface area contributed by atoms with E-state index in [0.717, 1.165) is 6.39 Å². The first-order valence-electron chi connectivity index (χ1n) is 17.4. The number of aliphatic hydroxyl groups excluding tert-OH is 2. The first-order valence-corrected chi connectivity index (χ1v) is 17.4. The first-order chi connectivity index (χ1) is 25.7. The van der Waals surface area contributed by atoms with Gasteiger partial charge in [0.2, 0.25) is 30.0 Å². The van der Waals surface area contributed by atoms with Gasteiger partial charge in [0.1, 0.15) is 36.9 Å². The van der Waals surface area contributed by atoms with Crippen LogP contribution in [0.4, 0.5) is 17.6 Å². The maximum absolute atomic E-state index is 13.8. The molecule has 6 rings (SSSR count). The van der Waals surface area contributed by atoms with Gasteiger partial charge in [-0.3, -0.25) is 19.4 Å². The summed E-state index contributed by atoms with van der Waals surface area (Å²) < 4.78 is 70.0. The Morgan fingerprint density at radius 3 is 2.57 bits per heavy atom. The van der Waals surface area contributed by atoms with Gasteiger partial charge in [-0.15, -0.1) is 10.2 Å². The number of alkyl halides is 3. The molecule has 0 aliphatic carbocycles. The molecule has 54 heavy (non-hydrogen) atoms.